The van der Waals surface area contributed by atoms with Crippen molar-refractivity contribution in [3.63, 3.8) is 0 Å². The maximum Gasteiger partial charge on any atom is 0.123 e. The highest BCUT2D eigenvalue weighted by molar-refractivity contribution is 5.17. The third-order valence-electron chi connectivity index (χ3n) is 4.16. The van der Waals surface area contributed by atoms with E-state index in [1.807, 2.05) is 24.5 Å². The van der Waals surface area contributed by atoms with Crippen LogP contribution < -0.4 is 0 Å². The van der Waals surface area contributed by atoms with Crippen molar-refractivity contribution in [2.24, 2.45) is 0 Å². The highest BCUT2D eigenvalue weighted by Gasteiger charge is 2.23. The predicted octanol–water partition coefficient (Wildman–Crippen LogP) is 3.33. The highest BCUT2D eigenvalue weighted by Crippen LogP contribution is 2.29. The van der Waals surface area contributed by atoms with Gasteiger partial charge in [-0.2, -0.15) is 0 Å². The Labute approximate surface area is 134 Å². The molecule has 118 valence electrons. The van der Waals surface area contributed by atoms with Gasteiger partial charge in [-0.3, -0.25) is 9.88 Å². The van der Waals surface area contributed by atoms with Crippen molar-refractivity contribution >= 4 is 0 Å². The van der Waals surface area contributed by atoms with E-state index in [9.17, 15) is 5.11 Å². The first-order valence-corrected chi connectivity index (χ1v) is 8.10. The Morgan fingerprint density at radius 1 is 1.55 bits per heavy atom. The number of piperidine rings is 1. The Morgan fingerprint density at radius 3 is 3.14 bits per heavy atom. The van der Waals surface area contributed by atoms with E-state index < -0.39 is 5.60 Å². The monoisotopic (exact) mass is 298 g/mol. The van der Waals surface area contributed by atoms with Crippen LogP contribution in [0.3, 0.4) is 0 Å². The first-order chi connectivity index (χ1) is 10.6. The molecule has 0 amide bonds. The Bertz CT molecular complexity index is 527. The van der Waals surface area contributed by atoms with Crippen LogP contribution >= 0.6 is 0 Å². The summed E-state index contributed by atoms with van der Waals surface area (Å²) < 4.78 is 0. The molecule has 0 radical (unpaired) electrons. The van der Waals surface area contributed by atoms with Crippen molar-refractivity contribution < 1.29 is 5.11 Å². The molecule has 1 fully saturated rings. The Kier molecular flexibility index (Phi) is 6.18. The van der Waals surface area contributed by atoms with Crippen LogP contribution in [0, 0.1) is 11.8 Å². The van der Waals surface area contributed by atoms with Crippen LogP contribution in [0.25, 0.3) is 0 Å². The van der Waals surface area contributed by atoms with Crippen LogP contribution in [-0.4, -0.2) is 33.7 Å². The first kappa shape index (κ1) is 16.7. The van der Waals surface area contributed by atoms with E-state index in [2.05, 4.69) is 34.4 Å². The lowest BCUT2D eigenvalue weighted by atomic mass is 9.96. The highest BCUT2D eigenvalue weighted by atomic mass is 16.3. The molecule has 1 saturated heterocycles. The fourth-order valence-electron chi connectivity index (χ4n) is 2.91. The summed E-state index contributed by atoms with van der Waals surface area (Å²) in [6, 6.07) is 4.53. The summed E-state index contributed by atoms with van der Waals surface area (Å²) >= 11 is 0. The molecule has 0 spiro atoms. The minimum absolute atomic E-state index is 0.398. The van der Waals surface area contributed by atoms with E-state index in [-0.39, 0.29) is 0 Å². The van der Waals surface area contributed by atoms with Crippen LogP contribution in [0.1, 0.15) is 50.6 Å². The lowest BCUT2D eigenvalue weighted by Gasteiger charge is -2.34. The van der Waals surface area contributed by atoms with Crippen LogP contribution in [0.4, 0.5) is 0 Å². The zero-order valence-electron chi connectivity index (χ0n) is 13.5. The molecule has 0 bridgehead atoms. The van der Waals surface area contributed by atoms with Crippen molar-refractivity contribution in [3.05, 3.63) is 42.7 Å². The second-order valence-electron chi connectivity index (χ2n) is 6.17. The van der Waals surface area contributed by atoms with Crippen molar-refractivity contribution in [1.82, 2.24) is 9.88 Å². The third kappa shape index (κ3) is 4.98. The largest absolute Gasteiger partial charge is 0.378 e. The zero-order valence-corrected chi connectivity index (χ0v) is 13.5. The molecule has 0 aromatic carbocycles. The van der Waals surface area contributed by atoms with E-state index in [0.29, 0.717) is 19.0 Å². The summed E-state index contributed by atoms with van der Waals surface area (Å²) in [5.74, 6) is 6.19. The van der Waals surface area contributed by atoms with Gasteiger partial charge in [0, 0.05) is 18.4 Å². The van der Waals surface area contributed by atoms with Gasteiger partial charge in [-0.05, 0) is 50.8 Å². The zero-order chi connectivity index (χ0) is 15.8. The van der Waals surface area contributed by atoms with Gasteiger partial charge in [0.15, 0.2) is 0 Å². The SMILES string of the molecule is C=CCC[C@@](C)(O)C#CCN1CCCC[C@@H]1c1cccnc1. The number of likely N-dealkylation sites (tertiary alicyclic amines) is 1. The predicted molar refractivity (Wildman–Crippen MR) is 90.2 cm³/mol. The van der Waals surface area contributed by atoms with Gasteiger partial charge in [-0.25, -0.2) is 0 Å². The van der Waals surface area contributed by atoms with Gasteiger partial charge in [0.25, 0.3) is 0 Å². The average molecular weight is 298 g/mol. The smallest absolute Gasteiger partial charge is 0.123 e. The quantitative estimate of drug-likeness (QED) is 0.669. The normalized spacial score (nSPS) is 21.5. The molecular formula is C19H26N2O. The number of hydrogen-bond donors (Lipinski definition) is 1. The van der Waals surface area contributed by atoms with Gasteiger partial charge < -0.3 is 5.11 Å². The molecule has 3 nitrogen and oxygen atoms in total. The number of nitrogens with zero attached hydrogens (tertiary/aromatic N) is 2. The van der Waals surface area contributed by atoms with E-state index in [0.717, 1.165) is 19.4 Å². The third-order valence-corrected chi connectivity index (χ3v) is 4.16. The van der Waals surface area contributed by atoms with Gasteiger partial charge in [0.1, 0.15) is 5.60 Å². The van der Waals surface area contributed by atoms with Crippen LogP contribution in [0.2, 0.25) is 0 Å². The summed E-state index contributed by atoms with van der Waals surface area (Å²) in [5.41, 5.74) is 0.343. The molecule has 3 heteroatoms. The van der Waals surface area contributed by atoms with Crippen molar-refractivity contribution in [1.29, 1.82) is 0 Å². The summed E-state index contributed by atoms with van der Waals surface area (Å²) in [6.45, 7) is 7.22. The molecule has 2 heterocycles. The van der Waals surface area contributed by atoms with E-state index >= 15 is 0 Å². The molecule has 0 saturated carbocycles. The van der Waals surface area contributed by atoms with Gasteiger partial charge in [0.05, 0.1) is 6.54 Å². The molecule has 22 heavy (non-hydrogen) atoms. The average Bonchev–Trinajstić information content (AvgIpc) is 2.54. The number of hydrogen-bond acceptors (Lipinski definition) is 3. The minimum Gasteiger partial charge on any atom is -0.378 e. The Balaban J connectivity index is 1.99. The summed E-state index contributed by atoms with van der Waals surface area (Å²) in [4.78, 5) is 6.64. The van der Waals surface area contributed by atoms with Crippen molar-refractivity contribution in [2.45, 2.75) is 50.7 Å². The number of pyridine rings is 1. The number of aliphatic hydroxyl groups is 1. The maximum absolute atomic E-state index is 10.2. The van der Waals surface area contributed by atoms with Crippen molar-refractivity contribution in [2.75, 3.05) is 13.1 Å². The fraction of sp³-hybridized carbons (Fsp3) is 0.526. The fourth-order valence-corrected chi connectivity index (χ4v) is 2.91. The summed E-state index contributed by atoms with van der Waals surface area (Å²) in [5, 5.41) is 10.2. The summed E-state index contributed by atoms with van der Waals surface area (Å²) in [7, 11) is 0. The topological polar surface area (TPSA) is 36.4 Å². The van der Waals surface area contributed by atoms with Gasteiger partial charge in [-0.15, -0.1) is 6.58 Å². The van der Waals surface area contributed by atoms with E-state index in [1.54, 1.807) is 6.92 Å². The lowest BCUT2D eigenvalue weighted by molar-refractivity contribution is 0.113. The van der Waals surface area contributed by atoms with E-state index in [4.69, 9.17) is 0 Å². The molecule has 2 rings (SSSR count). The molecule has 2 atom stereocenters. The lowest BCUT2D eigenvalue weighted by Crippen LogP contribution is -2.34. The Morgan fingerprint density at radius 2 is 2.41 bits per heavy atom. The summed E-state index contributed by atoms with van der Waals surface area (Å²) in [6.07, 6.45) is 10.6. The maximum atomic E-state index is 10.2. The molecule has 1 aromatic heterocycles. The second kappa shape index (κ2) is 8.12. The molecule has 1 aromatic rings. The van der Waals surface area contributed by atoms with E-state index in [1.165, 1.54) is 18.4 Å². The van der Waals surface area contributed by atoms with Gasteiger partial charge >= 0.3 is 0 Å². The number of aromatic nitrogens is 1. The van der Waals surface area contributed by atoms with Crippen LogP contribution in [0.15, 0.2) is 37.2 Å². The molecule has 1 aliphatic heterocycles. The molecule has 0 unspecified atom stereocenters. The second-order valence-corrected chi connectivity index (χ2v) is 6.17. The number of rotatable bonds is 5. The Hall–Kier alpha value is -1.63. The van der Waals surface area contributed by atoms with Crippen molar-refractivity contribution in [3.8, 4) is 11.8 Å². The van der Waals surface area contributed by atoms with Gasteiger partial charge in [-0.1, -0.05) is 30.4 Å². The van der Waals surface area contributed by atoms with Gasteiger partial charge in [0.2, 0.25) is 0 Å². The first-order valence-electron chi connectivity index (χ1n) is 8.10. The molecule has 1 aliphatic rings. The number of allylic oxidation sites excluding steroid dienone is 1. The molecule has 0 aliphatic carbocycles. The minimum atomic E-state index is -0.923. The molecular weight excluding hydrogens is 272 g/mol. The van der Waals surface area contributed by atoms with Crippen LogP contribution in [-0.2, 0) is 0 Å². The standard InChI is InChI=1S/C19H26N2O/c1-3-4-11-19(2,22)12-8-15-21-14-6-5-10-18(21)17-9-7-13-20-16-17/h3,7,9,13,16,18,22H,1,4-6,10-11,14-15H2,2H3/t18-,19-/m1/s1. The molecule has 1 N–H and O–H groups in total. The van der Waals surface area contributed by atoms with Crippen LogP contribution in [0.5, 0.6) is 0 Å².